The van der Waals surface area contributed by atoms with Crippen LogP contribution in [0.1, 0.15) is 11.1 Å². The summed E-state index contributed by atoms with van der Waals surface area (Å²) in [6.07, 6.45) is 5.19. The molecule has 3 heteroatoms. The quantitative estimate of drug-likeness (QED) is 0.597. The van der Waals surface area contributed by atoms with Crippen LogP contribution in [-0.2, 0) is 0 Å². The van der Waals surface area contributed by atoms with Crippen LogP contribution in [0.2, 0.25) is 0 Å². The summed E-state index contributed by atoms with van der Waals surface area (Å²) in [6, 6.07) is 7.27. The highest BCUT2D eigenvalue weighted by Gasteiger charge is 2.03. The number of hydrogen-bond donors (Lipinski definition) is 0. The highest BCUT2D eigenvalue weighted by Crippen LogP contribution is 2.22. The first-order valence-corrected chi connectivity index (χ1v) is 3.81. The first kappa shape index (κ1) is 7.56. The molecule has 0 aliphatic carbocycles. The van der Waals surface area contributed by atoms with Gasteiger partial charge in [0.25, 0.3) is 0 Å². The van der Waals surface area contributed by atoms with Crippen LogP contribution >= 0.6 is 0 Å². The van der Waals surface area contributed by atoms with E-state index >= 15 is 0 Å². The summed E-state index contributed by atoms with van der Waals surface area (Å²) in [7, 11) is 0. The van der Waals surface area contributed by atoms with E-state index in [1.54, 1.807) is 30.5 Å². The molecule has 0 amide bonds. The summed E-state index contributed by atoms with van der Waals surface area (Å²) in [4.78, 5) is 5.05. The molecule has 1 aliphatic heterocycles. The minimum atomic E-state index is 0.619. The van der Waals surface area contributed by atoms with Gasteiger partial charge in [-0.25, -0.2) is 0 Å². The predicted octanol–water partition coefficient (Wildman–Crippen LogP) is 1.95. The Labute approximate surface area is 75.6 Å². The van der Waals surface area contributed by atoms with Crippen molar-refractivity contribution < 1.29 is 4.84 Å². The van der Waals surface area contributed by atoms with Crippen molar-refractivity contribution in [3.8, 4) is 11.8 Å². The van der Waals surface area contributed by atoms with E-state index in [0.29, 0.717) is 11.3 Å². The van der Waals surface area contributed by atoms with Gasteiger partial charge >= 0.3 is 0 Å². The van der Waals surface area contributed by atoms with Crippen LogP contribution in [0.4, 0.5) is 0 Å². The summed E-state index contributed by atoms with van der Waals surface area (Å²) in [5.41, 5.74) is 1.49. The topological polar surface area (TPSA) is 45.4 Å². The lowest BCUT2D eigenvalue weighted by molar-refractivity contribution is 0.344. The third-order valence-corrected chi connectivity index (χ3v) is 1.71. The Bertz CT molecular complexity index is 427. The first-order chi connectivity index (χ1) is 6.40. The van der Waals surface area contributed by atoms with Gasteiger partial charge in [0.15, 0.2) is 5.75 Å². The van der Waals surface area contributed by atoms with Crippen LogP contribution < -0.4 is 4.84 Å². The lowest BCUT2D eigenvalue weighted by Gasteiger charge is -2.00. The Hall–Kier alpha value is -2.08. The monoisotopic (exact) mass is 170 g/mol. The van der Waals surface area contributed by atoms with E-state index in [4.69, 9.17) is 10.1 Å². The maximum Gasteiger partial charge on any atom is 0.165 e. The lowest BCUT2D eigenvalue weighted by Crippen LogP contribution is -1.85. The molecule has 2 rings (SSSR count). The average molecular weight is 170 g/mol. The van der Waals surface area contributed by atoms with Crippen molar-refractivity contribution in [2.24, 2.45) is 5.16 Å². The Balaban J connectivity index is 2.53. The van der Waals surface area contributed by atoms with Gasteiger partial charge in [0, 0.05) is 5.56 Å². The maximum absolute atomic E-state index is 8.66. The van der Waals surface area contributed by atoms with Gasteiger partial charge in [0.05, 0.1) is 17.8 Å². The van der Waals surface area contributed by atoms with Crippen molar-refractivity contribution in [1.29, 1.82) is 5.26 Å². The molecular weight excluding hydrogens is 164 g/mol. The number of fused-ring (bicyclic) bond motifs is 1. The van der Waals surface area contributed by atoms with E-state index in [1.807, 2.05) is 6.08 Å². The van der Waals surface area contributed by atoms with Crippen LogP contribution in [0.5, 0.6) is 5.75 Å². The fourth-order valence-corrected chi connectivity index (χ4v) is 1.10. The molecule has 62 valence electrons. The van der Waals surface area contributed by atoms with Crippen molar-refractivity contribution in [2.75, 3.05) is 0 Å². The van der Waals surface area contributed by atoms with Gasteiger partial charge in [-0.2, -0.15) is 5.26 Å². The zero-order valence-corrected chi connectivity index (χ0v) is 6.77. The molecule has 0 bridgehead atoms. The summed E-state index contributed by atoms with van der Waals surface area (Å²) in [5, 5.41) is 12.3. The highest BCUT2D eigenvalue weighted by atomic mass is 16.6. The molecule has 0 atom stereocenters. The van der Waals surface area contributed by atoms with Crippen molar-refractivity contribution in [2.45, 2.75) is 0 Å². The summed E-state index contributed by atoms with van der Waals surface area (Å²) >= 11 is 0. The number of allylic oxidation sites excluding steroid dienone is 1. The first-order valence-electron chi connectivity index (χ1n) is 3.81. The van der Waals surface area contributed by atoms with E-state index in [0.717, 1.165) is 5.56 Å². The highest BCUT2D eigenvalue weighted by molar-refractivity contribution is 5.80. The van der Waals surface area contributed by atoms with Crippen molar-refractivity contribution in [3.63, 3.8) is 0 Å². The summed E-state index contributed by atoms with van der Waals surface area (Å²) in [5.74, 6) is 0.670. The second-order valence-corrected chi connectivity index (χ2v) is 2.57. The zero-order valence-electron chi connectivity index (χ0n) is 6.77. The molecule has 1 aromatic rings. The van der Waals surface area contributed by atoms with Crippen LogP contribution in [0.3, 0.4) is 0 Å². The van der Waals surface area contributed by atoms with Crippen molar-refractivity contribution in [1.82, 2.24) is 0 Å². The van der Waals surface area contributed by atoms with E-state index < -0.39 is 0 Å². The van der Waals surface area contributed by atoms with Crippen LogP contribution in [0, 0.1) is 11.3 Å². The molecule has 0 saturated heterocycles. The van der Waals surface area contributed by atoms with Gasteiger partial charge in [-0.1, -0.05) is 5.16 Å². The van der Waals surface area contributed by atoms with Crippen LogP contribution in [0.15, 0.2) is 29.4 Å². The minimum absolute atomic E-state index is 0.619. The van der Waals surface area contributed by atoms with E-state index in [-0.39, 0.29) is 0 Å². The Kier molecular flexibility index (Phi) is 1.81. The molecule has 0 N–H and O–H groups in total. The molecule has 1 aromatic carbocycles. The number of nitrogens with zero attached hydrogens (tertiary/aromatic N) is 2. The second kappa shape index (κ2) is 3.11. The number of rotatable bonds is 0. The van der Waals surface area contributed by atoms with Gasteiger partial charge in [0.2, 0.25) is 0 Å². The molecule has 0 spiro atoms. The molecular formula is C10H6N2O. The maximum atomic E-state index is 8.66. The van der Waals surface area contributed by atoms with Crippen molar-refractivity contribution in [3.05, 3.63) is 35.4 Å². The fourth-order valence-electron chi connectivity index (χ4n) is 1.10. The molecule has 0 unspecified atom stereocenters. The predicted molar refractivity (Wildman–Crippen MR) is 49.3 cm³/mol. The van der Waals surface area contributed by atoms with Gasteiger partial charge in [-0.3, -0.25) is 0 Å². The number of nitriles is 1. The molecule has 0 aromatic heterocycles. The normalized spacial score (nSPS) is 12.5. The van der Waals surface area contributed by atoms with E-state index in [1.165, 1.54) is 0 Å². The lowest BCUT2D eigenvalue weighted by atomic mass is 10.1. The van der Waals surface area contributed by atoms with Gasteiger partial charge in [-0.15, -0.1) is 0 Å². The summed E-state index contributed by atoms with van der Waals surface area (Å²) in [6.45, 7) is 0. The Morgan fingerprint density at radius 3 is 3.15 bits per heavy atom. The summed E-state index contributed by atoms with van der Waals surface area (Å²) < 4.78 is 0. The smallest absolute Gasteiger partial charge is 0.165 e. The minimum Gasteiger partial charge on any atom is -0.356 e. The molecule has 0 fully saturated rings. The molecule has 1 aliphatic rings. The molecule has 1 heterocycles. The SMILES string of the molecule is N#Cc1ccc2c(c1)C=CC=NO2. The zero-order chi connectivity index (χ0) is 9.10. The molecule has 13 heavy (non-hydrogen) atoms. The average Bonchev–Trinajstić information content (AvgIpc) is 2.41. The molecule has 0 radical (unpaired) electrons. The van der Waals surface area contributed by atoms with E-state index in [2.05, 4.69) is 11.2 Å². The third-order valence-electron chi connectivity index (χ3n) is 1.71. The van der Waals surface area contributed by atoms with E-state index in [9.17, 15) is 0 Å². The van der Waals surface area contributed by atoms with Gasteiger partial charge in [-0.05, 0) is 30.4 Å². The van der Waals surface area contributed by atoms with Crippen LogP contribution in [0.25, 0.3) is 6.08 Å². The Morgan fingerprint density at radius 1 is 1.38 bits per heavy atom. The molecule has 3 nitrogen and oxygen atoms in total. The second-order valence-electron chi connectivity index (χ2n) is 2.57. The van der Waals surface area contributed by atoms with Gasteiger partial charge in [0.1, 0.15) is 0 Å². The number of oxime groups is 1. The van der Waals surface area contributed by atoms with Gasteiger partial charge < -0.3 is 4.84 Å². The molecule has 0 saturated carbocycles. The van der Waals surface area contributed by atoms with Crippen molar-refractivity contribution >= 4 is 12.3 Å². The number of hydrogen-bond acceptors (Lipinski definition) is 3. The standard InChI is InChI=1S/C10H6N2O/c11-7-8-3-4-10-9(6-8)2-1-5-12-13-10/h1-6H. The third kappa shape index (κ3) is 1.42. The van der Waals surface area contributed by atoms with Crippen LogP contribution in [-0.4, -0.2) is 6.21 Å². The number of benzene rings is 1. The Morgan fingerprint density at radius 2 is 2.31 bits per heavy atom. The fraction of sp³-hybridized carbons (Fsp3) is 0. The largest absolute Gasteiger partial charge is 0.356 e.